The number of anilines is 1. The number of carbonyl (C=O) groups excluding carboxylic acids is 2. The predicted molar refractivity (Wildman–Crippen MR) is 86.1 cm³/mol. The first kappa shape index (κ1) is 17.7. The third-order valence-electron chi connectivity index (χ3n) is 3.54. The molecule has 1 aliphatic rings. The fourth-order valence-corrected chi connectivity index (χ4v) is 2.21. The number of nitro groups is 1. The molecule has 1 saturated carbocycles. The third-order valence-corrected chi connectivity index (χ3v) is 3.54. The Hall–Kier alpha value is -2.68. The van der Waals surface area contributed by atoms with Crippen LogP contribution in [0.25, 0.3) is 0 Å². The standard InChI is InChI=1S/C15H20N4O5/c1-18(8-14(20)16-10-3-4-10)9-15(21)17-12-6-5-11(24-2)7-13(12)19(22)23/h5-7,10H,3-4,8-9H2,1-2H3,(H,16,20)(H,17,21)/p+1. The Kier molecular flexibility index (Phi) is 5.69. The number of quaternary nitrogens is 1. The second kappa shape index (κ2) is 7.73. The van der Waals surface area contributed by atoms with Crippen molar-refractivity contribution < 1.29 is 24.1 Å². The lowest BCUT2D eigenvalue weighted by atomic mass is 10.2. The smallest absolute Gasteiger partial charge is 0.296 e. The van der Waals surface area contributed by atoms with E-state index < -0.39 is 10.8 Å². The Balaban J connectivity index is 1.91. The number of nitro benzene ring substituents is 1. The minimum atomic E-state index is -0.586. The van der Waals surface area contributed by atoms with Crippen LogP contribution in [0.15, 0.2) is 18.2 Å². The molecule has 1 fully saturated rings. The van der Waals surface area contributed by atoms with Crippen LogP contribution in [-0.2, 0) is 9.59 Å². The number of amides is 2. The van der Waals surface area contributed by atoms with Gasteiger partial charge in [-0.1, -0.05) is 0 Å². The van der Waals surface area contributed by atoms with E-state index >= 15 is 0 Å². The highest BCUT2D eigenvalue weighted by Gasteiger charge is 2.25. The maximum Gasteiger partial charge on any atom is 0.296 e. The first-order chi connectivity index (χ1) is 11.4. The summed E-state index contributed by atoms with van der Waals surface area (Å²) < 4.78 is 4.94. The van der Waals surface area contributed by atoms with Crippen LogP contribution >= 0.6 is 0 Å². The number of likely N-dealkylation sites (N-methyl/N-ethyl adjacent to an activating group) is 1. The van der Waals surface area contributed by atoms with Gasteiger partial charge >= 0.3 is 0 Å². The maximum atomic E-state index is 12.1. The van der Waals surface area contributed by atoms with Crippen molar-refractivity contribution in [3.05, 3.63) is 28.3 Å². The van der Waals surface area contributed by atoms with Gasteiger partial charge in [-0.3, -0.25) is 19.7 Å². The van der Waals surface area contributed by atoms with E-state index in [9.17, 15) is 19.7 Å². The number of rotatable bonds is 8. The van der Waals surface area contributed by atoms with Gasteiger partial charge in [-0.25, -0.2) is 0 Å². The molecule has 1 aromatic rings. The molecule has 1 unspecified atom stereocenters. The number of nitrogens with zero attached hydrogens (tertiary/aromatic N) is 1. The van der Waals surface area contributed by atoms with E-state index in [-0.39, 0.29) is 36.4 Å². The average Bonchev–Trinajstić information content (AvgIpc) is 3.30. The minimum Gasteiger partial charge on any atom is -0.496 e. The van der Waals surface area contributed by atoms with Crippen molar-refractivity contribution in [3.63, 3.8) is 0 Å². The molecule has 24 heavy (non-hydrogen) atoms. The Labute approximate surface area is 139 Å². The summed E-state index contributed by atoms with van der Waals surface area (Å²) in [6.45, 7) is 0.204. The van der Waals surface area contributed by atoms with E-state index in [2.05, 4.69) is 10.6 Å². The average molecular weight is 337 g/mol. The number of carbonyl (C=O) groups is 2. The van der Waals surface area contributed by atoms with Crippen molar-refractivity contribution in [2.75, 3.05) is 32.6 Å². The summed E-state index contributed by atoms with van der Waals surface area (Å²) in [5.41, 5.74) is -0.145. The zero-order chi connectivity index (χ0) is 17.7. The fraction of sp³-hybridized carbons (Fsp3) is 0.467. The summed E-state index contributed by atoms with van der Waals surface area (Å²) in [5.74, 6) is -0.169. The van der Waals surface area contributed by atoms with Crippen molar-refractivity contribution >= 4 is 23.2 Å². The van der Waals surface area contributed by atoms with Crippen LogP contribution in [-0.4, -0.2) is 50.0 Å². The Morgan fingerprint density at radius 3 is 2.58 bits per heavy atom. The molecule has 0 bridgehead atoms. The molecule has 2 rings (SSSR count). The van der Waals surface area contributed by atoms with Gasteiger partial charge in [0.2, 0.25) is 0 Å². The maximum absolute atomic E-state index is 12.1. The number of nitrogens with one attached hydrogen (secondary N) is 3. The number of methoxy groups -OCH3 is 1. The molecule has 2 amide bonds. The highest BCUT2D eigenvalue weighted by Crippen LogP contribution is 2.28. The molecular formula is C15H21N4O5+. The Bertz CT molecular complexity index is 645. The fourth-order valence-electron chi connectivity index (χ4n) is 2.21. The number of ether oxygens (including phenoxy) is 1. The normalized spacial score (nSPS) is 14.6. The Morgan fingerprint density at radius 1 is 1.33 bits per heavy atom. The highest BCUT2D eigenvalue weighted by molar-refractivity contribution is 5.94. The van der Waals surface area contributed by atoms with Gasteiger partial charge in [0.05, 0.1) is 25.1 Å². The van der Waals surface area contributed by atoms with Crippen LogP contribution in [0.3, 0.4) is 0 Å². The van der Waals surface area contributed by atoms with Crippen LogP contribution in [0.4, 0.5) is 11.4 Å². The van der Waals surface area contributed by atoms with Crippen LogP contribution in [0.2, 0.25) is 0 Å². The van der Waals surface area contributed by atoms with Gasteiger partial charge in [-0.2, -0.15) is 0 Å². The summed E-state index contributed by atoms with van der Waals surface area (Å²) >= 11 is 0. The Morgan fingerprint density at radius 2 is 2.00 bits per heavy atom. The molecule has 0 aliphatic heterocycles. The number of hydrogen-bond acceptors (Lipinski definition) is 5. The molecule has 0 spiro atoms. The molecular weight excluding hydrogens is 316 g/mol. The lowest BCUT2D eigenvalue weighted by Crippen LogP contribution is -3.11. The van der Waals surface area contributed by atoms with Crippen molar-refractivity contribution in [3.8, 4) is 5.75 Å². The minimum absolute atomic E-state index is 0.0290. The molecule has 9 nitrogen and oxygen atoms in total. The molecule has 0 saturated heterocycles. The van der Waals surface area contributed by atoms with E-state index in [1.165, 1.54) is 25.3 Å². The second-order valence-corrected chi connectivity index (χ2v) is 5.84. The summed E-state index contributed by atoms with van der Waals surface area (Å²) in [7, 11) is 3.12. The predicted octanol–water partition coefficient (Wildman–Crippen LogP) is -0.665. The van der Waals surface area contributed by atoms with E-state index in [1.807, 2.05) is 0 Å². The van der Waals surface area contributed by atoms with Crippen LogP contribution in [0, 0.1) is 10.1 Å². The largest absolute Gasteiger partial charge is 0.496 e. The third kappa shape index (κ3) is 5.20. The van der Waals surface area contributed by atoms with Gasteiger partial charge in [0, 0.05) is 6.04 Å². The SMILES string of the molecule is COc1ccc(NC(=O)C[NH+](C)CC(=O)NC2CC2)c([N+](=O)[O-])c1. The van der Waals surface area contributed by atoms with Crippen molar-refractivity contribution in [2.45, 2.75) is 18.9 Å². The van der Waals surface area contributed by atoms with Gasteiger partial charge < -0.3 is 20.3 Å². The van der Waals surface area contributed by atoms with E-state index in [0.717, 1.165) is 12.8 Å². The quantitative estimate of drug-likeness (QED) is 0.430. The van der Waals surface area contributed by atoms with Crippen molar-refractivity contribution in [1.29, 1.82) is 0 Å². The summed E-state index contributed by atoms with van der Waals surface area (Å²) in [6, 6.07) is 4.47. The zero-order valence-electron chi connectivity index (χ0n) is 13.6. The van der Waals surface area contributed by atoms with Crippen LogP contribution in [0.5, 0.6) is 5.75 Å². The van der Waals surface area contributed by atoms with E-state index in [4.69, 9.17) is 4.74 Å². The lowest BCUT2D eigenvalue weighted by Gasteiger charge is -2.13. The molecule has 3 N–H and O–H groups in total. The van der Waals surface area contributed by atoms with Crippen LogP contribution < -0.4 is 20.3 Å². The molecule has 0 heterocycles. The van der Waals surface area contributed by atoms with E-state index in [1.54, 1.807) is 7.05 Å². The molecule has 1 atom stereocenters. The molecule has 0 aromatic heterocycles. The molecule has 0 radical (unpaired) electrons. The lowest BCUT2D eigenvalue weighted by molar-refractivity contribution is -0.862. The first-order valence-electron chi connectivity index (χ1n) is 7.62. The molecule has 130 valence electrons. The summed E-state index contributed by atoms with van der Waals surface area (Å²) in [5, 5.41) is 16.4. The zero-order valence-corrected chi connectivity index (χ0v) is 13.6. The first-order valence-corrected chi connectivity index (χ1v) is 7.62. The molecule has 1 aromatic carbocycles. The summed E-state index contributed by atoms with van der Waals surface area (Å²) in [6.07, 6.45) is 2.01. The second-order valence-electron chi connectivity index (χ2n) is 5.84. The summed E-state index contributed by atoms with van der Waals surface area (Å²) in [4.78, 5) is 34.9. The monoisotopic (exact) mass is 337 g/mol. The number of hydrogen-bond donors (Lipinski definition) is 3. The number of benzene rings is 1. The highest BCUT2D eigenvalue weighted by atomic mass is 16.6. The van der Waals surface area contributed by atoms with Gasteiger partial charge in [0.25, 0.3) is 17.5 Å². The van der Waals surface area contributed by atoms with Crippen molar-refractivity contribution in [1.82, 2.24) is 5.32 Å². The van der Waals surface area contributed by atoms with Crippen LogP contribution in [0.1, 0.15) is 12.8 Å². The van der Waals surface area contributed by atoms with Gasteiger partial charge in [0.15, 0.2) is 13.1 Å². The van der Waals surface area contributed by atoms with E-state index in [0.29, 0.717) is 10.6 Å². The van der Waals surface area contributed by atoms with Crippen molar-refractivity contribution in [2.24, 2.45) is 0 Å². The van der Waals surface area contributed by atoms with Gasteiger partial charge in [0.1, 0.15) is 11.4 Å². The van der Waals surface area contributed by atoms with Gasteiger partial charge in [-0.15, -0.1) is 0 Å². The topological polar surface area (TPSA) is 115 Å². The molecule has 1 aliphatic carbocycles. The molecule has 9 heteroatoms. The van der Waals surface area contributed by atoms with Gasteiger partial charge in [-0.05, 0) is 25.0 Å².